The first-order valence-corrected chi connectivity index (χ1v) is 7.50. The molecule has 0 saturated carbocycles. The fourth-order valence-corrected chi connectivity index (χ4v) is 2.47. The number of aryl methyl sites for hydroxylation is 1. The van der Waals surface area contributed by atoms with Crippen LogP contribution in [0.25, 0.3) is 0 Å². The average molecular weight is 367 g/mol. The number of ether oxygens (including phenoxy) is 1. The van der Waals surface area contributed by atoms with Crippen molar-refractivity contribution < 1.29 is 22.3 Å². The van der Waals surface area contributed by atoms with Crippen molar-refractivity contribution in [2.24, 2.45) is 0 Å². The third-order valence-electron chi connectivity index (χ3n) is 3.08. The molecule has 0 spiro atoms. The first kappa shape index (κ1) is 17.9. The van der Waals surface area contributed by atoms with Crippen molar-refractivity contribution in [2.45, 2.75) is 25.9 Å². The van der Waals surface area contributed by atoms with E-state index in [0.717, 1.165) is 12.0 Å². The van der Waals surface area contributed by atoms with Gasteiger partial charge < -0.3 is 4.74 Å². The first-order chi connectivity index (χ1) is 10.7. The second kappa shape index (κ2) is 6.97. The Balaban J connectivity index is 2.36. The van der Waals surface area contributed by atoms with E-state index in [-0.39, 0.29) is 5.75 Å². The van der Waals surface area contributed by atoms with Crippen LogP contribution in [0.3, 0.4) is 0 Å². The highest BCUT2D eigenvalue weighted by Gasteiger charge is 2.32. The summed E-state index contributed by atoms with van der Waals surface area (Å²) in [5.41, 5.74) is -0.370. The molecule has 0 unspecified atom stereocenters. The van der Waals surface area contributed by atoms with Crippen LogP contribution in [0.4, 0.5) is 17.6 Å². The molecule has 0 bridgehead atoms. The van der Waals surface area contributed by atoms with E-state index in [1.54, 1.807) is 12.1 Å². The SMILES string of the molecule is CCCc1cc(Oc2c(F)cc(C(F)(F)F)cc2Cl)ccc1Cl. The van der Waals surface area contributed by atoms with Gasteiger partial charge >= 0.3 is 6.18 Å². The second-order valence-electron chi connectivity index (χ2n) is 4.87. The Kier molecular flexibility index (Phi) is 5.42. The third-order valence-corrected chi connectivity index (χ3v) is 3.73. The van der Waals surface area contributed by atoms with Crippen molar-refractivity contribution >= 4 is 23.2 Å². The molecule has 1 nitrogen and oxygen atoms in total. The highest BCUT2D eigenvalue weighted by molar-refractivity contribution is 6.32. The fourth-order valence-electron chi connectivity index (χ4n) is 2.01. The quantitative estimate of drug-likeness (QED) is 0.535. The molecule has 2 aromatic carbocycles. The summed E-state index contributed by atoms with van der Waals surface area (Å²) in [6, 6.07) is 5.67. The maximum absolute atomic E-state index is 13.9. The van der Waals surface area contributed by atoms with Crippen molar-refractivity contribution in [3.8, 4) is 11.5 Å². The van der Waals surface area contributed by atoms with Gasteiger partial charge in [0.15, 0.2) is 11.6 Å². The molecule has 0 fully saturated rings. The average Bonchev–Trinajstić information content (AvgIpc) is 2.45. The molecule has 23 heavy (non-hydrogen) atoms. The largest absolute Gasteiger partial charge is 0.453 e. The number of hydrogen-bond acceptors (Lipinski definition) is 1. The Hall–Kier alpha value is -1.46. The van der Waals surface area contributed by atoms with Gasteiger partial charge in [0.2, 0.25) is 0 Å². The van der Waals surface area contributed by atoms with Gasteiger partial charge in [-0.2, -0.15) is 13.2 Å². The normalized spacial score (nSPS) is 11.6. The molecule has 7 heteroatoms. The highest BCUT2D eigenvalue weighted by atomic mass is 35.5. The second-order valence-corrected chi connectivity index (χ2v) is 5.69. The zero-order valence-corrected chi connectivity index (χ0v) is 13.5. The zero-order chi connectivity index (χ0) is 17.2. The molecule has 0 aliphatic heterocycles. The van der Waals surface area contributed by atoms with Crippen LogP contribution in [0, 0.1) is 5.82 Å². The summed E-state index contributed by atoms with van der Waals surface area (Å²) in [5, 5.41) is 0.0857. The van der Waals surface area contributed by atoms with Crippen LogP contribution in [0.2, 0.25) is 10.0 Å². The van der Waals surface area contributed by atoms with E-state index in [0.29, 0.717) is 23.6 Å². The number of rotatable bonds is 4. The fraction of sp³-hybridized carbons (Fsp3) is 0.250. The van der Waals surface area contributed by atoms with Crippen LogP contribution in [-0.2, 0) is 12.6 Å². The molecule has 0 heterocycles. The number of hydrogen-bond donors (Lipinski definition) is 0. The van der Waals surface area contributed by atoms with E-state index in [9.17, 15) is 17.6 Å². The van der Waals surface area contributed by atoms with Crippen LogP contribution < -0.4 is 4.74 Å². The van der Waals surface area contributed by atoms with Gasteiger partial charge in [0.1, 0.15) is 5.75 Å². The van der Waals surface area contributed by atoms with Gasteiger partial charge in [-0.05, 0) is 42.3 Å². The molecule has 0 amide bonds. The molecule has 0 atom stereocenters. The standard InChI is InChI=1S/C16H12Cl2F4O/c1-2-3-9-6-11(4-5-12(9)17)23-15-13(18)7-10(8-14(15)19)16(20,21)22/h4-8H,2-3H2,1H3. The molecule has 0 aliphatic carbocycles. The monoisotopic (exact) mass is 366 g/mol. The smallest absolute Gasteiger partial charge is 0.416 e. The molecule has 0 radical (unpaired) electrons. The number of alkyl halides is 3. The molecule has 0 saturated heterocycles. The minimum absolute atomic E-state index is 0.249. The summed E-state index contributed by atoms with van der Waals surface area (Å²) in [6.07, 6.45) is -3.14. The Morgan fingerprint density at radius 3 is 2.30 bits per heavy atom. The Morgan fingerprint density at radius 2 is 1.74 bits per heavy atom. The molecule has 0 aliphatic rings. The summed E-state index contributed by atoms with van der Waals surface area (Å²) in [7, 11) is 0. The molecule has 0 N–H and O–H groups in total. The van der Waals surface area contributed by atoms with E-state index in [4.69, 9.17) is 27.9 Å². The van der Waals surface area contributed by atoms with Crippen molar-refractivity contribution in [3.05, 3.63) is 57.3 Å². The molecule has 0 aromatic heterocycles. The lowest BCUT2D eigenvalue weighted by Gasteiger charge is -2.13. The molecular formula is C16H12Cl2F4O. The number of halogens is 6. The topological polar surface area (TPSA) is 9.23 Å². The lowest BCUT2D eigenvalue weighted by molar-refractivity contribution is -0.137. The van der Waals surface area contributed by atoms with Gasteiger partial charge in [-0.3, -0.25) is 0 Å². The zero-order valence-electron chi connectivity index (χ0n) is 12.0. The predicted octanol–water partition coefficient (Wildman–Crippen LogP) is 6.90. The maximum atomic E-state index is 13.9. The van der Waals surface area contributed by atoms with Gasteiger partial charge in [0.25, 0.3) is 0 Å². The minimum atomic E-state index is -4.68. The first-order valence-electron chi connectivity index (χ1n) is 6.75. The molecule has 2 aromatic rings. The van der Waals surface area contributed by atoms with E-state index >= 15 is 0 Å². The summed E-state index contributed by atoms with van der Waals surface area (Å²) in [6.45, 7) is 1.97. The summed E-state index contributed by atoms with van der Waals surface area (Å²) in [5.74, 6) is -1.39. The van der Waals surface area contributed by atoms with Crippen molar-refractivity contribution in [1.29, 1.82) is 0 Å². The van der Waals surface area contributed by atoms with Gasteiger partial charge in [0, 0.05) is 5.02 Å². The van der Waals surface area contributed by atoms with Crippen molar-refractivity contribution in [1.82, 2.24) is 0 Å². The minimum Gasteiger partial charge on any atom is -0.453 e. The molecule has 2 rings (SSSR count). The van der Waals surface area contributed by atoms with Crippen LogP contribution >= 0.6 is 23.2 Å². The summed E-state index contributed by atoms with van der Waals surface area (Å²) in [4.78, 5) is 0. The lowest BCUT2D eigenvalue weighted by atomic mass is 10.1. The van der Waals surface area contributed by atoms with Crippen molar-refractivity contribution in [2.75, 3.05) is 0 Å². The van der Waals surface area contributed by atoms with E-state index < -0.39 is 28.3 Å². The van der Waals surface area contributed by atoms with Gasteiger partial charge in [-0.1, -0.05) is 36.5 Å². The highest BCUT2D eigenvalue weighted by Crippen LogP contribution is 2.39. The van der Waals surface area contributed by atoms with E-state index in [2.05, 4.69) is 0 Å². The van der Waals surface area contributed by atoms with Crippen LogP contribution in [0.5, 0.6) is 11.5 Å². The van der Waals surface area contributed by atoms with Gasteiger partial charge in [-0.25, -0.2) is 4.39 Å². The van der Waals surface area contributed by atoms with Crippen LogP contribution in [0.15, 0.2) is 30.3 Å². The van der Waals surface area contributed by atoms with Crippen molar-refractivity contribution in [3.63, 3.8) is 0 Å². The maximum Gasteiger partial charge on any atom is 0.416 e. The van der Waals surface area contributed by atoms with E-state index in [1.165, 1.54) is 6.07 Å². The Labute approximate surface area is 140 Å². The lowest BCUT2D eigenvalue weighted by Crippen LogP contribution is -2.06. The molecule has 124 valence electrons. The predicted molar refractivity (Wildman–Crippen MR) is 81.9 cm³/mol. The Bertz CT molecular complexity index is 691. The Morgan fingerprint density at radius 1 is 1.04 bits per heavy atom. The van der Waals surface area contributed by atoms with Gasteiger partial charge in [0.05, 0.1) is 10.6 Å². The number of benzene rings is 2. The molecular weight excluding hydrogens is 355 g/mol. The van der Waals surface area contributed by atoms with E-state index in [1.807, 2.05) is 6.92 Å². The van der Waals surface area contributed by atoms with Crippen LogP contribution in [0.1, 0.15) is 24.5 Å². The summed E-state index contributed by atoms with van der Waals surface area (Å²) < 4.78 is 57.1. The third kappa shape index (κ3) is 4.30. The summed E-state index contributed by atoms with van der Waals surface area (Å²) >= 11 is 11.8. The van der Waals surface area contributed by atoms with Crippen LogP contribution in [-0.4, -0.2) is 0 Å². The van der Waals surface area contributed by atoms with Gasteiger partial charge in [-0.15, -0.1) is 0 Å².